The second-order valence-electron chi connectivity index (χ2n) is 9.45. The summed E-state index contributed by atoms with van der Waals surface area (Å²) in [5, 5.41) is 61.1. The Labute approximate surface area is 200 Å². The molecule has 0 aromatic heterocycles. The van der Waals surface area contributed by atoms with Crippen molar-refractivity contribution in [2.75, 3.05) is 0 Å². The van der Waals surface area contributed by atoms with Crippen molar-refractivity contribution in [2.45, 2.75) is 63.1 Å². The predicted molar refractivity (Wildman–Crippen MR) is 120 cm³/mol. The Balaban J connectivity index is 1.73. The molecule has 1 saturated heterocycles. The first-order valence-electron chi connectivity index (χ1n) is 11.1. The molecular weight excluding hydrogens is 460 g/mol. The molecule has 6 N–H and O–H groups in total. The molecule has 1 aliphatic carbocycles. The lowest BCUT2D eigenvalue weighted by Crippen LogP contribution is -2.44. The van der Waals surface area contributed by atoms with Gasteiger partial charge >= 0.3 is 5.97 Å². The van der Waals surface area contributed by atoms with E-state index < -0.39 is 65.5 Å². The fourth-order valence-electron chi connectivity index (χ4n) is 4.82. The van der Waals surface area contributed by atoms with Crippen LogP contribution in [-0.2, 0) is 16.0 Å². The van der Waals surface area contributed by atoms with E-state index in [4.69, 9.17) is 9.84 Å². The third-order valence-electron chi connectivity index (χ3n) is 6.57. The summed E-state index contributed by atoms with van der Waals surface area (Å²) in [6.45, 7) is 2.85. The van der Waals surface area contributed by atoms with Crippen molar-refractivity contribution >= 4 is 17.5 Å². The van der Waals surface area contributed by atoms with Crippen molar-refractivity contribution in [2.24, 2.45) is 0 Å². The normalized spacial score (nSPS) is 25.5. The number of carboxylic acids is 1. The van der Waals surface area contributed by atoms with Crippen LogP contribution in [0.2, 0.25) is 0 Å². The number of ketones is 2. The van der Waals surface area contributed by atoms with Gasteiger partial charge in [0, 0.05) is 29.5 Å². The molecule has 10 nitrogen and oxygen atoms in total. The maximum atomic E-state index is 13.3. The quantitative estimate of drug-likeness (QED) is 0.307. The number of ether oxygens (including phenoxy) is 1. The average Bonchev–Trinajstić information content (AvgIpc) is 2.75. The van der Waals surface area contributed by atoms with Gasteiger partial charge in [0.1, 0.15) is 17.6 Å². The molecule has 10 heteroatoms. The van der Waals surface area contributed by atoms with Gasteiger partial charge in [-0.1, -0.05) is 12.1 Å². The molecule has 5 atom stereocenters. The van der Waals surface area contributed by atoms with Crippen molar-refractivity contribution < 1.29 is 49.8 Å². The number of hydrogen-bond donors (Lipinski definition) is 6. The summed E-state index contributed by atoms with van der Waals surface area (Å²) < 4.78 is 5.70. The molecule has 4 rings (SSSR count). The zero-order valence-corrected chi connectivity index (χ0v) is 19.1. The number of aliphatic hydroxyl groups is 3. The first kappa shape index (κ1) is 24.8. The molecule has 35 heavy (non-hydrogen) atoms. The van der Waals surface area contributed by atoms with E-state index in [0.717, 1.165) is 0 Å². The molecule has 2 aliphatic rings. The lowest BCUT2D eigenvalue weighted by atomic mass is 9.79. The van der Waals surface area contributed by atoms with Crippen LogP contribution in [0.4, 0.5) is 0 Å². The van der Waals surface area contributed by atoms with Crippen molar-refractivity contribution in [3.8, 4) is 11.5 Å². The number of hydrogen-bond acceptors (Lipinski definition) is 9. The van der Waals surface area contributed by atoms with E-state index in [0.29, 0.717) is 0 Å². The number of aromatic hydroxyl groups is 2. The summed E-state index contributed by atoms with van der Waals surface area (Å²) in [6.07, 6.45) is -4.67. The highest BCUT2D eigenvalue weighted by atomic mass is 16.5. The van der Waals surface area contributed by atoms with Gasteiger partial charge in [-0.15, -0.1) is 0 Å². The molecule has 0 saturated carbocycles. The molecule has 1 aliphatic heterocycles. The molecule has 1 heterocycles. The Hall–Kier alpha value is -3.31. The SMILES string of the molecule is C[C@@H]1O[C@H](c2ccc3c(c2O)C(=O)c2ccc(CC(C)(O)CC(=O)O)c(O)c2C3=O)C[C@H](O)[C@H]1O. The van der Waals surface area contributed by atoms with E-state index in [-0.39, 0.29) is 46.2 Å². The number of carboxylic acid groups (broad SMARTS) is 1. The second kappa shape index (κ2) is 8.72. The van der Waals surface area contributed by atoms with E-state index in [1.54, 1.807) is 6.92 Å². The minimum Gasteiger partial charge on any atom is -0.507 e. The molecule has 0 bridgehead atoms. The number of rotatable bonds is 5. The summed E-state index contributed by atoms with van der Waals surface area (Å²) in [5.74, 6) is -3.69. The Kier molecular flexibility index (Phi) is 6.18. The zero-order valence-electron chi connectivity index (χ0n) is 19.1. The van der Waals surface area contributed by atoms with Crippen LogP contribution in [0.15, 0.2) is 24.3 Å². The van der Waals surface area contributed by atoms with Crippen LogP contribution in [0, 0.1) is 0 Å². The van der Waals surface area contributed by atoms with E-state index >= 15 is 0 Å². The minimum atomic E-state index is -1.71. The van der Waals surface area contributed by atoms with E-state index in [1.807, 2.05) is 0 Å². The fraction of sp³-hybridized carbons (Fsp3) is 0.400. The van der Waals surface area contributed by atoms with Crippen LogP contribution in [0.5, 0.6) is 11.5 Å². The van der Waals surface area contributed by atoms with Crippen molar-refractivity contribution in [1.29, 1.82) is 0 Å². The molecule has 0 spiro atoms. The third-order valence-corrected chi connectivity index (χ3v) is 6.57. The lowest BCUT2D eigenvalue weighted by Gasteiger charge is -2.36. The van der Waals surface area contributed by atoms with Crippen LogP contribution in [0.3, 0.4) is 0 Å². The van der Waals surface area contributed by atoms with Gasteiger partial charge in [-0.3, -0.25) is 14.4 Å². The van der Waals surface area contributed by atoms with Crippen molar-refractivity contribution in [3.05, 3.63) is 57.6 Å². The van der Waals surface area contributed by atoms with Crippen molar-refractivity contribution in [1.82, 2.24) is 0 Å². The Morgan fingerprint density at radius 3 is 2.17 bits per heavy atom. The fourth-order valence-corrected chi connectivity index (χ4v) is 4.82. The molecule has 186 valence electrons. The van der Waals surface area contributed by atoms with E-state index in [9.17, 15) is 39.9 Å². The van der Waals surface area contributed by atoms with Crippen LogP contribution in [0.25, 0.3) is 0 Å². The lowest BCUT2D eigenvalue weighted by molar-refractivity contribution is -0.163. The Morgan fingerprint density at radius 1 is 1.03 bits per heavy atom. The molecular formula is C25H26O10. The topological polar surface area (TPSA) is 182 Å². The number of aliphatic hydroxyl groups excluding tert-OH is 2. The summed E-state index contributed by atoms with van der Waals surface area (Å²) >= 11 is 0. The third kappa shape index (κ3) is 4.30. The number of aliphatic carboxylic acids is 1. The number of carbonyl (C=O) groups is 3. The summed E-state index contributed by atoms with van der Waals surface area (Å²) in [7, 11) is 0. The molecule has 0 radical (unpaired) electrons. The van der Waals surface area contributed by atoms with Crippen molar-refractivity contribution in [3.63, 3.8) is 0 Å². The minimum absolute atomic E-state index is 0.0308. The Bertz CT molecular complexity index is 1220. The van der Waals surface area contributed by atoms with Gasteiger partial charge in [0.15, 0.2) is 11.6 Å². The second-order valence-corrected chi connectivity index (χ2v) is 9.45. The zero-order chi connectivity index (χ0) is 25.8. The summed E-state index contributed by atoms with van der Waals surface area (Å²) in [4.78, 5) is 37.6. The van der Waals surface area contributed by atoms with Gasteiger partial charge in [0.05, 0.1) is 41.5 Å². The predicted octanol–water partition coefficient (Wildman–Crippen LogP) is 1.21. The van der Waals surface area contributed by atoms with Gasteiger partial charge in [-0.05, 0) is 31.5 Å². The maximum Gasteiger partial charge on any atom is 0.306 e. The van der Waals surface area contributed by atoms with Gasteiger partial charge in [0.25, 0.3) is 0 Å². The van der Waals surface area contributed by atoms with Gasteiger partial charge < -0.3 is 35.4 Å². The number of fused-ring (bicyclic) bond motifs is 2. The highest BCUT2D eigenvalue weighted by Crippen LogP contribution is 2.43. The highest BCUT2D eigenvalue weighted by molar-refractivity contribution is 6.30. The number of phenolic OH excluding ortho intramolecular Hbond substituents is 2. The van der Waals surface area contributed by atoms with Gasteiger partial charge in [-0.25, -0.2) is 0 Å². The molecule has 0 amide bonds. The number of benzene rings is 2. The first-order valence-corrected chi connectivity index (χ1v) is 11.1. The number of phenols is 2. The largest absolute Gasteiger partial charge is 0.507 e. The molecule has 2 aromatic rings. The van der Waals surface area contributed by atoms with E-state index in [1.165, 1.54) is 31.2 Å². The van der Waals surface area contributed by atoms with E-state index in [2.05, 4.69) is 0 Å². The monoisotopic (exact) mass is 486 g/mol. The summed E-state index contributed by atoms with van der Waals surface area (Å²) in [6, 6.07) is 5.33. The van der Waals surface area contributed by atoms with Gasteiger partial charge in [-0.2, -0.15) is 0 Å². The molecule has 1 fully saturated rings. The van der Waals surface area contributed by atoms with Crippen LogP contribution >= 0.6 is 0 Å². The highest BCUT2D eigenvalue weighted by Gasteiger charge is 2.40. The van der Waals surface area contributed by atoms with Gasteiger partial charge in [0.2, 0.25) is 0 Å². The molecule has 2 aromatic carbocycles. The average molecular weight is 486 g/mol. The number of carbonyl (C=O) groups excluding carboxylic acids is 2. The first-order chi connectivity index (χ1) is 16.3. The Morgan fingerprint density at radius 2 is 1.60 bits per heavy atom. The van der Waals surface area contributed by atoms with Crippen LogP contribution < -0.4 is 0 Å². The standard InChI is InChI=1S/C25H26O10/c1-10-20(29)15(26)7-16(35-10)12-5-6-14-19(22(12)31)24(33)13-4-3-11(21(30)18(13)23(14)32)8-25(2,34)9-17(27)28/h3-6,10,15-16,20,26,29-31,34H,7-9H2,1-2H3,(H,27,28)/t10-,15-,16-,20-,25?/m0/s1. The van der Waals surface area contributed by atoms with Crippen LogP contribution in [-0.4, -0.2) is 72.1 Å². The smallest absolute Gasteiger partial charge is 0.306 e. The molecule has 1 unspecified atom stereocenters. The maximum absolute atomic E-state index is 13.3. The summed E-state index contributed by atoms with van der Waals surface area (Å²) in [5.41, 5.74) is -2.28. The van der Waals surface area contributed by atoms with Crippen LogP contribution in [0.1, 0.15) is 75.8 Å².